The molecule has 0 aromatic heterocycles. The van der Waals surface area contributed by atoms with Crippen LogP contribution in [0.1, 0.15) is 11.1 Å². The molecule has 1 aromatic carbocycles. The summed E-state index contributed by atoms with van der Waals surface area (Å²) in [6, 6.07) is 4.99. The predicted molar refractivity (Wildman–Crippen MR) is 57.3 cm³/mol. The number of carboxylic acids is 1. The zero-order valence-electron chi connectivity index (χ0n) is 9.40. The van der Waals surface area contributed by atoms with E-state index in [0.717, 1.165) is 18.7 Å². The molecule has 0 fully saturated rings. The Kier molecular flexibility index (Phi) is 4.43. The molecular formula is C10H9F3N2O4. The van der Waals surface area contributed by atoms with Gasteiger partial charge in [0.15, 0.2) is 0 Å². The second-order valence-electron chi connectivity index (χ2n) is 3.62. The van der Waals surface area contributed by atoms with Crippen LogP contribution >= 0.6 is 0 Å². The van der Waals surface area contributed by atoms with Gasteiger partial charge in [-0.25, -0.2) is 4.79 Å². The van der Waals surface area contributed by atoms with Gasteiger partial charge < -0.3 is 10.4 Å². The number of carbonyl (C=O) groups is 1. The number of nitrogens with one attached hydrogen (secondary N) is 1. The number of alkyl halides is 3. The van der Waals surface area contributed by atoms with Gasteiger partial charge in [-0.3, -0.25) is 10.1 Å². The number of carboxylic acid groups (broad SMARTS) is 1. The number of aliphatic carboxylic acids is 1. The summed E-state index contributed by atoms with van der Waals surface area (Å²) in [5, 5.41) is 20.6. The number of non-ortho nitro benzene ring substituents is 1. The van der Waals surface area contributed by atoms with Crippen molar-refractivity contribution in [2.75, 3.05) is 0 Å². The van der Waals surface area contributed by atoms with Gasteiger partial charge in [0.1, 0.15) is 0 Å². The molecule has 1 aliphatic heterocycles. The van der Waals surface area contributed by atoms with Crippen molar-refractivity contribution >= 4 is 11.7 Å². The Balaban J connectivity index is 0.000000224. The Morgan fingerprint density at radius 3 is 2.32 bits per heavy atom. The van der Waals surface area contributed by atoms with Gasteiger partial charge >= 0.3 is 12.1 Å². The largest absolute Gasteiger partial charge is 0.490 e. The van der Waals surface area contributed by atoms with E-state index in [1.807, 2.05) is 6.07 Å². The Bertz CT molecular complexity index is 502. The van der Waals surface area contributed by atoms with Crippen LogP contribution in [0.3, 0.4) is 0 Å². The molecule has 0 radical (unpaired) electrons. The summed E-state index contributed by atoms with van der Waals surface area (Å²) >= 11 is 0. The first-order valence-corrected chi connectivity index (χ1v) is 4.99. The molecule has 0 saturated heterocycles. The number of halogens is 3. The number of nitro benzene ring substituents is 1. The van der Waals surface area contributed by atoms with Gasteiger partial charge in [-0.05, 0) is 11.1 Å². The Morgan fingerprint density at radius 2 is 1.84 bits per heavy atom. The highest BCUT2D eigenvalue weighted by Gasteiger charge is 2.38. The number of nitro groups is 1. The molecule has 2 rings (SSSR count). The average molecular weight is 278 g/mol. The maximum absolute atomic E-state index is 10.6. The summed E-state index contributed by atoms with van der Waals surface area (Å²) in [6.45, 7) is 1.57. The molecule has 2 N–H and O–H groups in total. The fourth-order valence-electron chi connectivity index (χ4n) is 1.39. The minimum atomic E-state index is -5.08. The molecule has 0 bridgehead atoms. The number of hydrogen-bond acceptors (Lipinski definition) is 4. The third-order valence-electron chi connectivity index (χ3n) is 2.27. The number of rotatable bonds is 1. The van der Waals surface area contributed by atoms with Crippen molar-refractivity contribution in [3.63, 3.8) is 0 Å². The molecule has 1 heterocycles. The summed E-state index contributed by atoms with van der Waals surface area (Å²) in [5.41, 5.74) is 2.39. The van der Waals surface area contributed by atoms with E-state index in [0.29, 0.717) is 0 Å². The van der Waals surface area contributed by atoms with Crippen LogP contribution in [0.5, 0.6) is 0 Å². The normalized spacial score (nSPS) is 13.2. The first-order chi connectivity index (χ1) is 8.71. The second-order valence-corrected chi connectivity index (χ2v) is 3.62. The van der Waals surface area contributed by atoms with E-state index in [2.05, 4.69) is 5.32 Å². The van der Waals surface area contributed by atoms with E-state index in [1.165, 1.54) is 5.56 Å². The molecule has 1 aromatic rings. The fraction of sp³-hybridized carbons (Fsp3) is 0.300. The Labute approximate surface area is 105 Å². The minimum Gasteiger partial charge on any atom is -0.475 e. The number of nitrogens with zero attached hydrogens (tertiary/aromatic N) is 1. The van der Waals surface area contributed by atoms with Crippen LogP contribution in [0.15, 0.2) is 18.2 Å². The molecule has 1 aliphatic rings. The highest BCUT2D eigenvalue weighted by atomic mass is 19.4. The van der Waals surface area contributed by atoms with Crippen LogP contribution in [0.25, 0.3) is 0 Å². The lowest BCUT2D eigenvalue weighted by Crippen LogP contribution is -2.21. The number of benzene rings is 1. The van der Waals surface area contributed by atoms with Gasteiger partial charge in [0, 0.05) is 25.2 Å². The highest BCUT2D eigenvalue weighted by Crippen LogP contribution is 2.21. The molecule has 0 unspecified atom stereocenters. The van der Waals surface area contributed by atoms with Crippen molar-refractivity contribution in [3.05, 3.63) is 39.4 Å². The molecule has 0 saturated carbocycles. The van der Waals surface area contributed by atoms with Gasteiger partial charge in [-0.1, -0.05) is 6.07 Å². The first-order valence-electron chi connectivity index (χ1n) is 4.99. The molecule has 9 heteroatoms. The van der Waals surface area contributed by atoms with Crippen LogP contribution < -0.4 is 5.32 Å². The van der Waals surface area contributed by atoms with Crippen molar-refractivity contribution in [3.8, 4) is 0 Å². The lowest BCUT2D eigenvalue weighted by atomic mass is 10.1. The SMILES string of the molecule is O=C(O)C(F)(F)F.O=[N+]([O-])c1ccc2c(c1)CNC2. The maximum atomic E-state index is 10.6. The van der Waals surface area contributed by atoms with E-state index in [-0.39, 0.29) is 10.6 Å². The van der Waals surface area contributed by atoms with Crippen LogP contribution in [-0.4, -0.2) is 22.2 Å². The minimum absolute atomic E-state index is 0.178. The van der Waals surface area contributed by atoms with Gasteiger partial charge in [0.2, 0.25) is 0 Å². The lowest BCUT2D eigenvalue weighted by molar-refractivity contribution is -0.384. The zero-order valence-corrected chi connectivity index (χ0v) is 9.40. The number of hydrogen-bond donors (Lipinski definition) is 2. The van der Waals surface area contributed by atoms with Crippen molar-refractivity contribution < 1.29 is 28.0 Å². The smallest absolute Gasteiger partial charge is 0.475 e. The summed E-state index contributed by atoms with van der Waals surface area (Å²) in [5.74, 6) is -2.76. The fourth-order valence-corrected chi connectivity index (χ4v) is 1.39. The zero-order chi connectivity index (χ0) is 14.6. The molecular weight excluding hydrogens is 269 g/mol. The van der Waals surface area contributed by atoms with Gasteiger partial charge in [0.05, 0.1) is 4.92 Å². The highest BCUT2D eigenvalue weighted by molar-refractivity contribution is 5.73. The van der Waals surface area contributed by atoms with Gasteiger partial charge in [-0.2, -0.15) is 13.2 Å². The molecule has 19 heavy (non-hydrogen) atoms. The molecule has 0 aliphatic carbocycles. The predicted octanol–water partition coefficient (Wildman–Crippen LogP) is 1.83. The molecule has 0 atom stereocenters. The summed E-state index contributed by atoms with van der Waals surface area (Å²) in [4.78, 5) is 18.9. The topological polar surface area (TPSA) is 92.5 Å². The van der Waals surface area contributed by atoms with Crippen molar-refractivity contribution in [2.24, 2.45) is 0 Å². The van der Waals surface area contributed by atoms with Crippen LogP contribution in [0.4, 0.5) is 18.9 Å². The van der Waals surface area contributed by atoms with Crippen LogP contribution in [0.2, 0.25) is 0 Å². The first kappa shape index (κ1) is 14.9. The summed E-state index contributed by atoms with van der Waals surface area (Å²) in [6.07, 6.45) is -5.08. The second kappa shape index (κ2) is 5.65. The van der Waals surface area contributed by atoms with E-state index in [1.54, 1.807) is 12.1 Å². The van der Waals surface area contributed by atoms with Crippen LogP contribution in [0, 0.1) is 10.1 Å². The summed E-state index contributed by atoms with van der Waals surface area (Å²) < 4.78 is 31.7. The molecule has 104 valence electrons. The van der Waals surface area contributed by atoms with Crippen molar-refractivity contribution in [1.29, 1.82) is 0 Å². The molecule has 0 amide bonds. The third kappa shape index (κ3) is 4.21. The van der Waals surface area contributed by atoms with Crippen molar-refractivity contribution in [1.82, 2.24) is 5.32 Å². The summed E-state index contributed by atoms with van der Waals surface area (Å²) in [7, 11) is 0. The van der Waals surface area contributed by atoms with E-state index < -0.39 is 12.1 Å². The van der Waals surface area contributed by atoms with E-state index in [9.17, 15) is 23.3 Å². The van der Waals surface area contributed by atoms with Crippen molar-refractivity contribution in [2.45, 2.75) is 19.3 Å². The number of fused-ring (bicyclic) bond motifs is 1. The maximum Gasteiger partial charge on any atom is 0.490 e. The molecule has 0 spiro atoms. The molecule has 6 nitrogen and oxygen atoms in total. The van der Waals surface area contributed by atoms with E-state index >= 15 is 0 Å². The van der Waals surface area contributed by atoms with Gasteiger partial charge in [0.25, 0.3) is 5.69 Å². The Hall–Kier alpha value is -2.16. The van der Waals surface area contributed by atoms with Gasteiger partial charge in [-0.15, -0.1) is 0 Å². The average Bonchev–Trinajstić information content (AvgIpc) is 2.74. The lowest BCUT2D eigenvalue weighted by Gasteiger charge is -1.95. The van der Waals surface area contributed by atoms with Crippen LogP contribution in [-0.2, 0) is 17.9 Å². The monoisotopic (exact) mass is 278 g/mol. The quantitative estimate of drug-likeness (QED) is 0.604. The Morgan fingerprint density at radius 1 is 1.32 bits per heavy atom. The standard InChI is InChI=1S/C8H8N2O2.C2HF3O2/c11-10(12)8-2-1-6-4-9-5-7(6)3-8;3-2(4,5)1(6)7/h1-3,9H,4-5H2;(H,6,7). The van der Waals surface area contributed by atoms with E-state index in [4.69, 9.17) is 9.90 Å². The third-order valence-corrected chi connectivity index (χ3v) is 2.27.